The Kier molecular flexibility index (Phi) is 8.28. The standard InChI is InChI=1S/C23H31N3O3S/c1-20-9-11-23(12-10-20)30(27,28)25-19-24-13-6-16-29-22-8-5-7-21(17-22)18-26-14-3-2-4-15-26/h5,7-12,17,19H,2-4,6,13-16,18H2,1H3,(H,24,25). The number of hydrogen-bond acceptors (Lipinski definition) is 5. The van der Waals surface area contributed by atoms with Gasteiger partial charge in [0.15, 0.2) is 0 Å². The average molecular weight is 430 g/mol. The number of rotatable bonds is 10. The highest BCUT2D eigenvalue weighted by atomic mass is 32.2. The van der Waals surface area contributed by atoms with Crippen LogP contribution in [0.2, 0.25) is 0 Å². The van der Waals surface area contributed by atoms with Crippen LogP contribution in [-0.4, -0.2) is 45.9 Å². The first-order chi connectivity index (χ1) is 14.5. The van der Waals surface area contributed by atoms with Crippen LogP contribution >= 0.6 is 0 Å². The summed E-state index contributed by atoms with van der Waals surface area (Å²) >= 11 is 0. The molecule has 0 atom stereocenters. The van der Waals surface area contributed by atoms with Gasteiger partial charge in [-0.2, -0.15) is 0 Å². The Hall–Kier alpha value is -2.38. The number of sulfonamides is 1. The third kappa shape index (κ3) is 7.15. The molecule has 1 aliphatic rings. The van der Waals surface area contributed by atoms with Crippen molar-refractivity contribution in [2.75, 3.05) is 26.2 Å². The molecule has 0 aliphatic carbocycles. The Morgan fingerprint density at radius 1 is 1.10 bits per heavy atom. The van der Waals surface area contributed by atoms with E-state index in [9.17, 15) is 8.42 Å². The number of likely N-dealkylation sites (tertiary alicyclic amines) is 1. The van der Waals surface area contributed by atoms with Crippen molar-refractivity contribution in [3.63, 3.8) is 0 Å². The van der Waals surface area contributed by atoms with Crippen molar-refractivity contribution in [3.05, 3.63) is 59.7 Å². The summed E-state index contributed by atoms with van der Waals surface area (Å²) in [5, 5.41) is 0. The smallest absolute Gasteiger partial charge is 0.262 e. The minimum absolute atomic E-state index is 0.229. The predicted octanol–water partition coefficient (Wildman–Crippen LogP) is 3.76. The van der Waals surface area contributed by atoms with Crippen LogP contribution in [0.25, 0.3) is 0 Å². The maximum atomic E-state index is 12.2. The molecule has 1 N–H and O–H groups in total. The molecule has 1 fully saturated rings. The highest BCUT2D eigenvalue weighted by molar-refractivity contribution is 7.90. The number of hydrogen-bond donors (Lipinski definition) is 1. The number of nitrogens with one attached hydrogen (secondary N) is 1. The van der Waals surface area contributed by atoms with Crippen LogP contribution < -0.4 is 9.46 Å². The molecule has 0 amide bonds. The molecule has 6 nitrogen and oxygen atoms in total. The molecule has 2 aromatic carbocycles. The SMILES string of the molecule is Cc1ccc(S(=O)(=O)NC=NCCCOc2cccc(CN3CCCCC3)c2)cc1. The molecular formula is C23H31N3O3S. The van der Waals surface area contributed by atoms with Gasteiger partial charge in [-0.05, 0) is 62.7 Å². The van der Waals surface area contributed by atoms with Crippen molar-refractivity contribution in [1.82, 2.24) is 9.62 Å². The molecule has 30 heavy (non-hydrogen) atoms. The van der Waals surface area contributed by atoms with E-state index < -0.39 is 10.0 Å². The highest BCUT2D eigenvalue weighted by Gasteiger charge is 2.11. The summed E-state index contributed by atoms with van der Waals surface area (Å²) in [5.41, 5.74) is 2.29. The van der Waals surface area contributed by atoms with Gasteiger partial charge < -0.3 is 4.74 Å². The Balaban J connectivity index is 1.36. The Morgan fingerprint density at radius 2 is 1.87 bits per heavy atom. The number of benzene rings is 2. The molecule has 1 heterocycles. The van der Waals surface area contributed by atoms with Gasteiger partial charge in [-0.25, -0.2) is 8.42 Å². The van der Waals surface area contributed by atoms with Gasteiger partial charge in [0.1, 0.15) is 5.75 Å². The van der Waals surface area contributed by atoms with Gasteiger partial charge >= 0.3 is 0 Å². The molecule has 0 bridgehead atoms. The third-order valence-corrected chi connectivity index (χ3v) is 6.39. The molecule has 3 rings (SSSR count). The van der Waals surface area contributed by atoms with E-state index in [0.717, 1.165) is 17.9 Å². The van der Waals surface area contributed by atoms with E-state index in [4.69, 9.17) is 4.74 Å². The van der Waals surface area contributed by atoms with Crippen LogP contribution in [0.15, 0.2) is 58.4 Å². The van der Waals surface area contributed by atoms with Crippen molar-refractivity contribution < 1.29 is 13.2 Å². The first kappa shape index (κ1) is 22.3. The summed E-state index contributed by atoms with van der Waals surface area (Å²) < 4.78 is 32.5. The van der Waals surface area contributed by atoms with Gasteiger partial charge in [-0.1, -0.05) is 36.2 Å². The monoisotopic (exact) mass is 429 g/mol. The quantitative estimate of drug-likeness (QED) is 0.355. The van der Waals surface area contributed by atoms with E-state index in [1.54, 1.807) is 24.3 Å². The maximum Gasteiger partial charge on any atom is 0.262 e. The average Bonchev–Trinajstić information content (AvgIpc) is 2.74. The van der Waals surface area contributed by atoms with E-state index in [-0.39, 0.29) is 4.90 Å². The van der Waals surface area contributed by atoms with E-state index >= 15 is 0 Å². The first-order valence-electron chi connectivity index (χ1n) is 10.5. The van der Waals surface area contributed by atoms with Crippen LogP contribution in [0.3, 0.4) is 0 Å². The first-order valence-corrected chi connectivity index (χ1v) is 12.0. The van der Waals surface area contributed by atoms with Crippen molar-refractivity contribution in [2.45, 2.75) is 44.0 Å². The molecule has 1 aliphatic heterocycles. The lowest BCUT2D eigenvalue weighted by Gasteiger charge is -2.26. The Bertz CT molecular complexity index is 921. The summed E-state index contributed by atoms with van der Waals surface area (Å²) in [6.07, 6.45) is 5.87. The number of aryl methyl sites for hydroxylation is 1. The normalized spacial score (nSPS) is 15.4. The van der Waals surface area contributed by atoms with Gasteiger partial charge in [0.2, 0.25) is 0 Å². The number of aliphatic imine (C=N–C) groups is 1. The summed E-state index contributed by atoms with van der Waals surface area (Å²) in [5.74, 6) is 0.869. The van der Waals surface area contributed by atoms with Crippen LogP contribution in [0, 0.1) is 6.92 Å². The van der Waals surface area contributed by atoms with Crippen LogP contribution in [0.4, 0.5) is 0 Å². The van der Waals surface area contributed by atoms with Gasteiger partial charge in [0, 0.05) is 19.5 Å². The molecular weight excluding hydrogens is 398 g/mol. The molecule has 0 aromatic heterocycles. The van der Waals surface area contributed by atoms with Gasteiger partial charge in [-0.15, -0.1) is 0 Å². The fraction of sp³-hybridized carbons (Fsp3) is 0.435. The zero-order valence-corrected chi connectivity index (χ0v) is 18.4. The Morgan fingerprint density at radius 3 is 2.63 bits per heavy atom. The molecule has 162 valence electrons. The Labute approximate surface area is 180 Å². The second-order valence-electron chi connectivity index (χ2n) is 7.66. The number of piperidine rings is 1. The van der Waals surface area contributed by atoms with Crippen LogP contribution in [-0.2, 0) is 16.6 Å². The minimum Gasteiger partial charge on any atom is -0.494 e. The molecule has 7 heteroatoms. The fourth-order valence-corrected chi connectivity index (χ4v) is 4.26. The van der Waals surface area contributed by atoms with E-state index in [0.29, 0.717) is 19.6 Å². The topological polar surface area (TPSA) is 71.0 Å². The lowest BCUT2D eigenvalue weighted by molar-refractivity contribution is 0.220. The molecule has 1 saturated heterocycles. The molecule has 0 spiro atoms. The lowest BCUT2D eigenvalue weighted by atomic mass is 10.1. The van der Waals surface area contributed by atoms with E-state index in [1.165, 1.54) is 44.3 Å². The second-order valence-corrected chi connectivity index (χ2v) is 9.37. The summed E-state index contributed by atoms with van der Waals surface area (Å²) in [6, 6.07) is 15.0. The number of ether oxygens (including phenoxy) is 1. The zero-order chi connectivity index (χ0) is 21.2. The fourth-order valence-electron chi connectivity index (χ4n) is 3.41. The molecule has 2 aromatic rings. The van der Waals surface area contributed by atoms with Gasteiger partial charge in [0.25, 0.3) is 10.0 Å². The molecule has 0 radical (unpaired) electrons. The summed E-state index contributed by atoms with van der Waals surface area (Å²) in [6.45, 7) is 6.27. The summed E-state index contributed by atoms with van der Waals surface area (Å²) in [7, 11) is -3.56. The maximum absolute atomic E-state index is 12.2. The summed E-state index contributed by atoms with van der Waals surface area (Å²) in [4.78, 5) is 6.85. The molecule has 0 unspecified atom stereocenters. The predicted molar refractivity (Wildman–Crippen MR) is 121 cm³/mol. The van der Waals surface area contributed by atoms with Crippen LogP contribution in [0.5, 0.6) is 5.75 Å². The minimum atomic E-state index is -3.56. The molecule has 0 saturated carbocycles. The van der Waals surface area contributed by atoms with Crippen molar-refractivity contribution in [3.8, 4) is 5.75 Å². The van der Waals surface area contributed by atoms with Gasteiger partial charge in [-0.3, -0.25) is 14.6 Å². The van der Waals surface area contributed by atoms with E-state index in [1.807, 2.05) is 19.1 Å². The zero-order valence-electron chi connectivity index (χ0n) is 17.6. The number of nitrogens with zero attached hydrogens (tertiary/aromatic N) is 2. The van der Waals surface area contributed by atoms with Crippen molar-refractivity contribution >= 4 is 16.4 Å². The lowest BCUT2D eigenvalue weighted by Crippen LogP contribution is -2.29. The second kappa shape index (κ2) is 11.1. The highest BCUT2D eigenvalue weighted by Crippen LogP contribution is 2.17. The van der Waals surface area contributed by atoms with Crippen molar-refractivity contribution in [1.29, 1.82) is 0 Å². The van der Waals surface area contributed by atoms with E-state index in [2.05, 4.69) is 26.7 Å². The largest absolute Gasteiger partial charge is 0.494 e. The third-order valence-electron chi connectivity index (χ3n) is 5.08. The van der Waals surface area contributed by atoms with Gasteiger partial charge in [0.05, 0.1) is 17.8 Å². The van der Waals surface area contributed by atoms with Crippen LogP contribution in [0.1, 0.15) is 36.8 Å². The van der Waals surface area contributed by atoms with Crippen molar-refractivity contribution in [2.24, 2.45) is 4.99 Å².